The normalized spacial score (nSPS) is 12.0. The number of H-pyrrole nitrogens is 1. The van der Waals surface area contributed by atoms with Crippen molar-refractivity contribution in [1.29, 1.82) is 0 Å². The van der Waals surface area contributed by atoms with Gasteiger partial charge < -0.3 is 29.8 Å². The van der Waals surface area contributed by atoms with E-state index in [0.717, 1.165) is 116 Å². The van der Waals surface area contributed by atoms with Crippen LogP contribution in [0.2, 0.25) is 0 Å². The highest BCUT2D eigenvalue weighted by molar-refractivity contribution is 5.93. The lowest BCUT2D eigenvalue weighted by molar-refractivity contribution is -0.150. The Balaban J connectivity index is 2.39. The second kappa shape index (κ2) is 43.8. The van der Waals surface area contributed by atoms with Crippen LogP contribution in [0.3, 0.4) is 0 Å². The Morgan fingerprint density at radius 2 is 1.05 bits per heavy atom. The van der Waals surface area contributed by atoms with E-state index in [1.165, 1.54) is 109 Å². The zero-order chi connectivity index (χ0) is 45.0. The van der Waals surface area contributed by atoms with E-state index in [9.17, 15) is 19.5 Å². The molecule has 0 aliphatic carbocycles. The lowest BCUT2D eigenvalue weighted by atomic mass is 10.0. The first-order valence-electron chi connectivity index (χ1n) is 26.6. The van der Waals surface area contributed by atoms with Gasteiger partial charge in [0, 0.05) is 38.3 Å². The molecule has 1 heterocycles. The van der Waals surface area contributed by atoms with Crippen molar-refractivity contribution < 1.29 is 29.0 Å². The van der Waals surface area contributed by atoms with Crippen LogP contribution in [0.4, 0.5) is 0 Å². The number of aliphatic hydroxyl groups excluding tert-OH is 1. The average Bonchev–Trinajstić information content (AvgIpc) is 3.81. The molecule has 9 nitrogen and oxygen atoms in total. The molecule has 62 heavy (non-hydrogen) atoms. The molecular weight excluding hydrogens is 775 g/mol. The second-order valence-electron chi connectivity index (χ2n) is 18.4. The molecule has 0 bridgehead atoms. The first kappa shape index (κ1) is 57.6. The highest BCUT2D eigenvalue weighted by atomic mass is 16.5. The van der Waals surface area contributed by atoms with Gasteiger partial charge in [-0.25, -0.2) is 0 Å². The number of carbonyl (C=O) groups excluding carboxylic acids is 3. The van der Waals surface area contributed by atoms with Crippen molar-refractivity contribution in [2.24, 2.45) is 0 Å². The number of unbranched alkanes of at least 4 members (excludes halogenated alkanes) is 25. The van der Waals surface area contributed by atoms with E-state index in [0.29, 0.717) is 44.5 Å². The quantitative estimate of drug-likeness (QED) is 0.0440. The fourth-order valence-corrected chi connectivity index (χ4v) is 8.36. The zero-order valence-electron chi connectivity index (χ0n) is 40.8. The smallest absolute Gasteiger partial charge is 0.306 e. The summed E-state index contributed by atoms with van der Waals surface area (Å²) in [6.07, 6.45) is 43.0. The molecule has 3 N–H and O–H groups in total. The fraction of sp³-hybridized carbons (Fsp3) is 0.868. The van der Waals surface area contributed by atoms with Gasteiger partial charge in [0.2, 0.25) is 0 Å². The number of rotatable bonds is 47. The molecule has 0 fully saturated rings. The van der Waals surface area contributed by atoms with Gasteiger partial charge in [0.15, 0.2) is 0 Å². The third kappa shape index (κ3) is 37.0. The second-order valence-corrected chi connectivity index (χ2v) is 18.4. The first-order valence-corrected chi connectivity index (χ1v) is 26.6. The number of aliphatic hydroxyl groups is 1. The topological polar surface area (TPSA) is 121 Å². The van der Waals surface area contributed by atoms with Crippen LogP contribution in [-0.2, 0) is 19.1 Å². The minimum absolute atomic E-state index is 0.0104. The summed E-state index contributed by atoms with van der Waals surface area (Å²) < 4.78 is 11.6. The van der Waals surface area contributed by atoms with Crippen LogP contribution in [0, 0.1) is 0 Å². The molecule has 0 spiro atoms. The largest absolute Gasteiger partial charge is 0.466 e. The Labute approximate surface area is 381 Å². The van der Waals surface area contributed by atoms with Gasteiger partial charge >= 0.3 is 11.9 Å². The minimum atomic E-state index is -0.408. The van der Waals surface area contributed by atoms with Crippen LogP contribution in [-0.4, -0.2) is 77.8 Å². The molecule has 0 radical (unpaired) electrons. The first-order chi connectivity index (χ1) is 30.4. The summed E-state index contributed by atoms with van der Waals surface area (Å²) >= 11 is 0. The Morgan fingerprint density at radius 1 is 0.581 bits per heavy atom. The molecule has 0 saturated heterocycles. The van der Waals surface area contributed by atoms with Crippen molar-refractivity contribution in [2.45, 2.75) is 264 Å². The molecule has 1 aromatic rings. The lowest BCUT2D eigenvalue weighted by Gasteiger charge is -2.25. The van der Waals surface area contributed by atoms with E-state index in [-0.39, 0.29) is 23.9 Å². The summed E-state index contributed by atoms with van der Waals surface area (Å²) in [5.41, 5.74) is 0.636. The maximum Gasteiger partial charge on any atom is 0.306 e. The molecule has 1 unspecified atom stereocenters. The van der Waals surface area contributed by atoms with Crippen molar-refractivity contribution in [1.82, 2.24) is 15.2 Å². The van der Waals surface area contributed by atoms with E-state index in [4.69, 9.17) is 9.47 Å². The molecule has 0 aliphatic rings. The van der Waals surface area contributed by atoms with Gasteiger partial charge in [0.05, 0.1) is 18.3 Å². The predicted octanol–water partition coefficient (Wildman–Crippen LogP) is 14.0. The van der Waals surface area contributed by atoms with E-state index < -0.39 is 6.10 Å². The SMILES string of the molecule is CCCCCCCCCCCC(=O)OCCCCCN(CCCCCCCC(=O)OC(CCCCCCCC)CCCCCCCC)CC(O)CCCCNC(=O)c1cc[nH]c1. The van der Waals surface area contributed by atoms with E-state index in [1.807, 2.05) is 0 Å². The summed E-state index contributed by atoms with van der Waals surface area (Å²) in [5, 5.41) is 13.9. The Kier molecular flexibility index (Phi) is 40.7. The maximum absolute atomic E-state index is 12.9. The van der Waals surface area contributed by atoms with Gasteiger partial charge in [-0.1, -0.05) is 156 Å². The maximum atomic E-state index is 12.9. The fourth-order valence-electron chi connectivity index (χ4n) is 8.36. The third-order valence-corrected chi connectivity index (χ3v) is 12.4. The molecule has 0 aromatic carbocycles. The summed E-state index contributed by atoms with van der Waals surface area (Å²) in [5.74, 6) is -0.142. The highest BCUT2D eigenvalue weighted by Crippen LogP contribution is 2.19. The van der Waals surface area contributed by atoms with Crippen LogP contribution in [0.1, 0.15) is 262 Å². The minimum Gasteiger partial charge on any atom is -0.466 e. The highest BCUT2D eigenvalue weighted by Gasteiger charge is 2.15. The third-order valence-electron chi connectivity index (χ3n) is 12.4. The molecular formula is C53H99N3O6. The zero-order valence-corrected chi connectivity index (χ0v) is 40.8. The number of nitrogens with zero attached hydrogens (tertiary/aromatic N) is 1. The molecule has 1 aromatic heterocycles. The summed E-state index contributed by atoms with van der Waals surface area (Å²) in [6.45, 7) is 10.4. The standard InChI is InChI=1S/C53H99N3O6/c1-4-7-10-13-16-17-18-22-28-38-51(58)61-45-34-25-33-44-56(47-49(57)35-30-31-41-55-53(60)48-40-42-54-46-48)43-32-24-19-23-29-39-52(59)62-50(36-26-20-14-11-8-5-2)37-27-21-15-12-9-6-3/h40,42,46,49-50,54,57H,4-39,41,43-45,47H2,1-3H3,(H,55,60). The van der Waals surface area contributed by atoms with Crippen molar-refractivity contribution in [3.05, 3.63) is 24.0 Å². The molecule has 0 saturated carbocycles. The molecule has 1 atom stereocenters. The molecule has 1 amide bonds. The Morgan fingerprint density at radius 3 is 1.58 bits per heavy atom. The molecule has 0 aliphatic heterocycles. The van der Waals surface area contributed by atoms with Gasteiger partial charge in [-0.3, -0.25) is 14.4 Å². The van der Waals surface area contributed by atoms with Crippen LogP contribution < -0.4 is 5.32 Å². The summed E-state index contributed by atoms with van der Waals surface area (Å²) in [6, 6.07) is 1.76. The summed E-state index contributed by atoms with van der Waals surface area (Å²) in [7, 11) is 0. The number of hydrogen-bond acceptors (Lipinski definition) is 7. The van der Waals surface area contributed by atoms with Gasteiger partial charge in [-0.2, -0.15) is 0 Å². The van der Waals surface area contributed by atoms with Crippen LogP contribution in [0.5, 0.6) is 0 Å². The van der Waals surface area contributed by atoms with Crippen molar-refractivity contribution in [3.63, 3.8) is 0 Å². The van der Waals surface area contributed by atoms with Crippen molar-refractivity contribution >= 4 is 17.8 Å². The van der Waals surface area contributed by atoms with Gasteiger partial charge in [0.25, 0.3) is 5.91 Å². The predicted molar refractivity (Wildman–Crippen MR) is 260 cm³/mol. The lowest BCUT2D eigenvalue weighted by Crippen LogP contribution is -2.34. The number of amides is 1. The number of nitrogens with one attached hydrogen (secondary N) is 2. The van der Waals surface area contributed by atoms with Crippen molar-refractivity contribution in [2.75, 3.05) is 32.8 Å². The molecule has 1 rings (SSSR count). The van der Waals surface area contributed by atoms with Gasteiger partial charge in [-0.05, 0) is 103 Å². The number of hydrogen-bond donors (Lipinski definition) is 3. The number of aromatic amines is 1. The van der Waals surface area contributed by atoms with Gasteiger partial charge in [-0.15, -0.1) is 0 Å². The van der Waals surface area contributed by atoms with Gasteiger partial charge in [0.1, 0.15) is 6.10 Å². The van der Waals surface area contributed by atoms with Crippen LogP contribution in [0.15, 0.2) is 18.5 Å². The van der Waals surface area contributed by atoms with Crippen LogP contribution in [0.25, 0.3) is 0 Å². The molecule has 362 valence electrons. The van der Waals surface area contributed by atoms with E-state index >= 15 is 0 Å². The Bertz CT molecular complexity index is 1110. The van der Waals surface area contributed by atoms with E-state index in [1.54, 1.807) is 18.5 Å². The number of esters is 2. The van der Waals surface area contributed by atoms with Crippen LogP contribution >= 0.6 is 0 Å². The monoisotopic (exact) mass is 874 g/mol. The Hall–Kier alpha value is -2.39. The number of ether oxygens (including phenoxy) is 2. The number of aromatic nitrogens is 1. The molecule has 9 heteroatoms. The average molecular weight is 874 g/mol. The van der Waals surface area contributed by atoms with Crippen molar-refractivity contribution in [3.8, 4) is 0 Å². The summed E-state index contributed by atoms with van der Waals surface area (Å²) in [4.78, 5) is 42.6. The van der Waals surface area contributed by atoms with E-state index in [2.05, 4.69) is 36.0 Å². The number of carbonyl (C=O) groups is 3.